The van der Waals surface area contributed by atoms with E-state index >= 15 is 0 Å². The van der Waals surface area contributed by atoms with E-state index in [1.807, 2.05) is 24.3 Å². The molecular weight excluding hydrogens is 682 g/mol. The van der Waals surface area contributed by atoms with Crippen LogP contribution in [0.15, 0.2) is 36.5 Å². The molecule has 292 valence electrons. The van der Waals surface area contributed by atoms with Gasteiger partial charge >= 0.3 is 0 Å². The summed E-state index contributed by atoms with van der Waals surface area (Å²) < 4.78 is 11.0. The van der Waals surface area contributed by atoms with Crippen LogP contribution in [0.25, 0.3) is 0 Å². The van der Waals surface area contributed by atoms with Gasteiger partial charge in [-0.15, -0.1) is 0 Å². The van der Waals surface area contributed by atoms with Gasteiger partial charge in [0, 0.05) is 38.5 Å². The lowest BCUT2D eigenvalue weighted by Crippen LogP contribution is -2.35. The zero-order valence-corrected chi connectivity index (χ0v) is 30.8. The molecule has 4 bridgehead atoms. The highest BCUT2D eigenvalue weighted by Crippen LogP contribution is 2.45. The van der Waals surface area contributed by atoms with Crippen LogP contribution in [-0.2, 0) is 38.2 Å². The maximum atomic E-state index is 12.4. The Morgan fingerprint density at radius 1 is 0.453 bits per heavy atom. The number of aliphatic hydroxyl groups excluding tert-OH is 2. The number of hydrogen-bond donors (Lipinski definition) is 3. The molecule has 7 rings (SSSR count). The van der Waals surface area contributed by atoms with Gasteiger partial charge < -0.3 is 19.7 Å². The summed E-state index contributed by atoms with van der Waals surface area (Å²) in [5.41, 5.74) is 0. The Labute approximate surface area is 312 Å². The SMILES string of the molecule is O=C1C2C3C=CC(O3)C2C(=O)N1CCCCCCCCCCO.O=C1C=CC(=O)N1CCCCCCCCCCO.O=C1NC(=O)C2C3C=CC(O3)C12. The van der Waals surface area contributed by atoms with Gasteiger partial charge in [0.15, 0.2) is 0 Å². The maximum absolute atomic E-state index is 12.4. The van der Waals surface area contributed by atoms with Crippen LogP contribution in [0.5, 0.6) is 0 Å². The number of rotatable bonds is 20. The van der Waals surface area contributed by atoms with Crippen LogP contribution in [-0.4, -0.2) is 106 Å². The average Bonchev–Trinajstić information content (AvgIpc) is 4.03. The van der Waals surface area contributed by atoms with Crippen LogP contribution >= 0.6 is 0 Å². The molecule has 0 aliphatic carbocycles. The monoisotopic (exact) mass is 739 g/mol. The zero-order valence-electron chi connectivity index (χ0n) is 30.8. The topological polar surface area (TPSA) is 180 Å². The normalized spacial score (nSPS) is 29.6. The van der Waals surface area contributed by atoms with Crippen molar-refractivity contribution >= 4 is 35.4 Å². The zero-order chi connectivity index (χ0) is 37.7. The Morgan fingerprint density at radius 2 is 0.774 bits per heavy atom. The van der Waals surface area contributed by atoms with E-state index in [9.17, 15) is 28.8 Å². The van der Waals surface area contributed by atoms with Gasteiger partial charge in [0.1, 0.15) is 0 Å². The highest BCUT2D eigenvalue weighted by atomic mass is 16.5. The third-order valence-electron chi connectivity index (χ3n) is 11.2. The lowest BCUT2D eigenvalue weighted by Gasteiger charge is -2.17. The predicted octanol–water partition coefficient (Wildman–Crippen LogP) is 3.27. The maximum Gasteiger partial charge on any atom is 0.253 e. The molecule has 0 spiro atoms. The quantitative estimate of drug-likeness (QED) is 0.0954. The first-order valence-electron chi connectivity index (χ1n) is 19.9. The van der Waals surface area contributed by atoms with Gasteiger partial charge in [0.2, 0.25) is 23.6 Å². The van der Waals surface area contributed by atoms with Crippen molar-refractivity contribution in [3.05, 3.63) is 36.5 Å². The molecule has 7 aliphatic heterocycles. The van der Waals surface area contributed by atoms with E-state index < -0.39 is 0 Å². The first-order chi connectivity index (χ1) is 25.8. The average molecular weight is 740 g/mol. The molecule has 0 radical (unpaired) electrons. The number of carbonyl (C=O) groups is 6. The number of hydrogen-bond acceptors (Lipinski definition) is 10. The molecule has 4 saturated heterocycles. The lowest BCUT2D eigenvalue weighted by atomic mass is 9.85. The molecular formula is C40H57N3O10. The Kier molecular flexibility index (Phi) is 15.5. The number of nitrogens with one attached hydrogen (secondary N) is 1. The molecule has 13 nitrogen and oxygen atoms in total. The molecule has 7 heterocycles. The van der Waals surface area contributed by atoms with Crippen molar-refractivity contribution in [1.29, 1.82) is 0 Å². The fourth-order valence-corrected chi connectivity index (χ4v) is 8.34. The van der Waals surface area contributed by atoms with E-state index in [0.717, 1.165) is 64.2 Å². The van der Waals surface area contributed by atoms with Gasteiger partial charge in [0.05, 0.1) is 48.1 Å². The van der Waals surface area contributed by atoms with Gasteiger partial charge in [-0.25, -0.2) is 0 Å². The van der Waals surface area contributed by atoms with Gasteiger partial charge in [0.25, 0.3) is 11.8 Å². The Bertz CT molecular complexity index is 1330. The van der Waals surface area contributed by atoms with E-state index in [1.165, 1.54) is 60.5 Å². The van der Waals surface area contributed by atoms with Gasteiger partial charge in [-0.05, 0) is 25.7 Å². The minimum Gasteiger partial charge on any atom is -0.396 e. The number of ether oxygens (including phenoxy) is 2. The second-order valence-corrected chi connectivity index (χ2v) is 15.0. The Morgan fingerprint density at radius 3 is 1.15 bits per heavy atom. The predicted molar refractivity (Wildman–Crippen MR) is 193 cm³/mol. The van der Waals surface area contributed by atoms with E-state index in [4.69, 9.17) is 19.7 Å². The molecule has 8 unspecified atom stereocenters. The van der Waals surface area contributed by atoms with Crippen LogP contribution in [0.1, 0.15) is 103 Å². The number of carbonyl (C=O) groups excluding carboxylic acids is 6. The van der Waals surface area contributed by atoms with Crippen LogP contribution in [0.2, 0.25) is 0 Å². The van der Waals surface area contributed by atoms with Crippen molar-refractivity contribution in [1.82, 2.24) is 15.1 Å². The summed E-state index contributed by atoms with van der Waals surface area (Å²) >= 11 is 0. The van der Waals surface area contributed by atoms with Crippen molar-refractivity contribution in [3.63, 3.8) is 0 Å². The molecule has 4 fully saturated rings. The highest BCUT2D eigenvalue weighted by Gasteiger charge is 2.60. The number of nitrogens with zero attached hydrogens (tertiary/aromatic N) is 2. The summed E-state index contributed by atoms with van der Waals surface area (Å²) in [7, 11) is 0. The highest BCUT2D eigenvalue weighted by molar-refractivity contribution is 6.12. The Hall–Kier alpha value is -3.52. The van der Waals surface area contributed by atoms with E-state index in [2.05, 4.69) is 5.32 Å². The number of unbranched alkanes of at least 4 members (excludes halogenated alkanes) is 14. The summed E-state index contributed by atoms with van der Waals surface area (Å²) in [6, 6.07) is 0. The number of fused-ring (bicyclic) bond motifs is 10. The first-order valence-corrected chi connectivity index (χ1v) is 19.9. The Balaban J connectivity index is 0.000000160. The smallest absolute Gasteiger partial charge is 0.253 e. The molecule has 13 heteroatoms. The van der Waals surface area contributed by atoms with Crippen molar-refractivity contribution in [3.8, 4) is 0 Å². The molecule has 0 saturated carbocycles. The van der Waals surface area contributed by atoms with Gasteiger partial charge in [-0.1, -0.05) is 101 Å². The fraction of sp³-hybridized carbons (Fsp3) is 0.700. The third kappa shape index (κ3) is 10.2. The van der Waals surface area contributed by atoms with Crippen LogP contribution in [0, 0.1) is 23.7 Å². The second kappa shape index (κ2) is 20.2. The molecule has 53 heavy (non-hydrogen) atoms. The van der Waals surface area contributed by atoms with Crippen molar-refractivity contribution in [2.75, 3.05) is 26.3 Å². The van der Waals surface area contributed by atoms with Crippen LogP contribution in [0.3, 0.4) is 0 Å². The van der Waals surface area contributed by atoms with Gasteiger partial charge in [-0.2, -0.15) is 0 Å². The minimum absolute atomic E-state index is 0.0270. The summed E-state index contributed by atoms with van der Waals surface area (Å²) in [5, 5.41) is 19.7. The molecule has 0 aromatic carbocycles. The molecule has 0 aromatic rings. The van der Waals surface area contributed by atoms with Crippen molar-refractivity contribution < 1.29 is 48.5 Å². The molecule has 0 aromatic heterocycles. The fourth-order valence-electron chi connectivity index (χ4n) is 8.34. The van der Waals surface area contributed by atoms with Crippen molar-refractivity contribution in [2.45, 2.75) is 127 Å². The first kappa shape index (κ1) is 40.7. The summed E-state index contributed by atoms with van der Waals surface area (Å²) in [6.45, 7) is 1.71. The molecule has 6 amide bonds. The summed E-state index contributed by atoms with van der Waals surface area (Å²) in [5.74, 6) is -1.80. The van der Waals surface area contributed by atoms with Crippen molar-refractivity contribution in [2.24, 2.45) is 23.7 Å². The lowest BCUT2D eigenvalue weighted by molar-refractivity contribution is -0.142. The van der Waals surface area contributed by atoms with Crippen LogP contribution in [0.4, 0.5) is 0 Å². The van der Waals surface area contributed by atoms with Gasteiger partial charge in [-0.3, -0.25) is 43.9 Å². The molecule has 3 N–H and O–H groups in total. The second-order valence-electron chi connectivity index (χ2n) is 15.0. The molecule has 8 atom stereocenters. The van der Waals surface area contributed by atoms with E-state index in [0.29, 0.717) is 26.3 Å². The number of amides is 6. The summed E-state index contributed by atoms with van der Waals surface area (Å²) in [4.78, 5) is 72.6. The van der Waals surface area contributed by atoms with E-state index in [-0.39, 0.29) is 83.5 Å². The summed E-state index contributed by atoms with van der Waals surface area (Å²) in [6.07, 6.45) is 27.0. The number of aliphatic hydroxyl groups is 2. The number of imide groups is 3. The largest absolute Gasteiger partial charge is 0.396 e. The standard InChI is InChI=1S/C18H27NO4.C14H23NO3.C8H7NO3/c20-12-8-6-4-2-1-3-5-7-11-19-17(21)15-13-9-10-14(23-13)16(15)18(19)22;16-12-8-6-4-2-1-3-5-7-11-15-13(17)9-10-14(15)18;10-7-5-3-1-2-4(12-3)6(5)8(11)9-7/h9-10,13-16,20H,1-8,11-12H2;9-10,16H,1-8,11-12H2;1-6H,(H,9,10,11). The number of likely N-dealkylation sites (tertiary alicyclic amines) is 1. The minimum atomic E-state index is -0.260. The third-order valence-corrected chi connectivity index (χ3v) is 11.2. The molecule has 7 aliphatic rings. The van der Waals surface area contributed by atoms with E-state index in [1.54, 1.807) is 0 Å². The van der Waals surface area contributed by atoms with Crippen LogP contribution < -0.4 is 5.32 Å².